The van der Waals surface area contributed by atoms with Crippen LogP contribution in [0, 0.1) is 0 Å². The molecule has 2 N–H and O–H groups in total. The minimum atomic E-state index is 0.648. The number of morpholine rings is 1. The number of anilines is 1. The van der Waals surface area contributed by atoms with Crippen molar-refractivity contribution >= 4 is 11.6 Å². The molecule has 0 bridgehead atoms. The molecule has 31 heavy (non-hydrogen) atoms. The Bertz CT molecular complexity index is 1020. The summed E-state index contributed by atoms with van der Waals surface area (Å²) in [4.78, 5) is 20.1. The zero-order valence-electron chi connectivity index (χ0n) is 17.9. The van der Waals surface area contributed by atoms with Crippen molar-refractivity contribution in [1.29, 1.82) is 0 Å². The number of pyridine rings is 1. The van der Waals surface area contributed by atoms with Crippen LogP contribution < -0.4 is 10.6 Å². The molecule has 1 aromatic carbocycles. The van der Waals surface area contributed by atoms with Gasteiger partial charge in [0.1, 0.15) is 0 Å². The molecule has 0 spiro atoms. The second-order valence-electron chi connectivity index (χ2n) is 7.21. The Balaban J connectivity index is 1.61. The van der Waals surface area contributed by atoms with Crippen LogP contribution in [0.4, 0.5) is 5.69 Å². The van der Waals surface area contributed by atoms with Crippen molar-refractivity contribution in [2.24, 2.45) is 4.99 Å². The van der Waals surface area contributed by atoms with E-state index in [1.165, 1.54) is 0 Å². The molecule has 160 valence electrons. The molecule has 4 rings (SSSR count). The molecule has 8 nitrogen and oxygen atoms in total. The summed E-state index contributed by atoms with van der Waals surface area (Å²) in [6.45, 7) is 4.34. The molecule has 1 aliphatic rings. The lowest BCUT2D eigenvalue weighted by Gasteiger charge is -2.26. The van der Waals surface area contributed by atoms with E-state index in [1.807, 2.05) is 25.4 Å². The Hall–Kier alpha value is -3.36. The molecule has 0 unspecified atom stereocenters. The maximum Gasteiger partial charge on any atom is 0.195 e. The molecule has 0 aliphatic carbocycles. The molecule has 0 saturated carbocycles. The zero-order chi connectivity index (χ0) is 21.5. The Morgan fingerprint density at radius 2 is 1.84 bits per heavy atom. The van der Waals surface area contributed by atoms with Gasteiger partial charge in [-0.25, -0.2) is 9.97 Å². The van der Waals surface area contributed by atoms with Crippen LogP contribution in [0.3, 0.4) is 0 Å². The summed E-state index contributed by atoms with van der Waals surface area (Å²) in [5.41, 5.74) is 4.94. The minimum absolute atomic E-state index is 0.648. The van der Waals surface area contributed by atoms with Gasteiger partial charge in [0.2, 0.25) is 0 Å². The van der Waals surface area contributed by atoms with Crippen LogP contribution in [-0.2, 0) is 11.3 Å². The van der Waals surface area contributed by atoms with Gasteiger partial charge in [-0.1, -0.05) is 12.1 Å². The largest absolute Gasteiger partial charge is 0.379 e. The Morgan fingerprint density at radius 1 is 1.06 bits per heavy atom. The van der Waals surface area contributed by atoms with Crippen molar-refractivity contribution in [3.63, 3.8) is 0 Å². The summed E-state index contributed by atoms with van der Waals surface area (Å²) in [6, 6.07) is 12.2. The smallest absolute Gasteiger partial charge is 0.195 e. The number of nitrogens with one attached hydrogen (secondary N) is 2. The normalized spacial score (nSPS) is 15.0. The van der Waals surface area contributed by atoms with Crippen molar-refractivity contribution in [1.82, 2.24) is 25.2 Å². The Morgan fingerprint density at radius 3 is 2.52 bits per heavy atom. The molecule has 0 atom stereocenters. The van der Waals surface area contributed by atoms with E-state index < -0.39 is 0 Å². The van der Waals surface area contributed by atoms with E-state index >= 15 is 0 Å². The summed E-state index contributed by atoms with van der Waals surface area (Å²) in [5.74, 6) is 1.31. The molecule has 3 aromatic rings. The van der Waals surface area contributed by atoms with E-state index in [2.05, 4.69) is 54.8 Å². The summed E-state index contributed by atoms with van der Waals surface area (Å²) in [7, 11) is 3.56. The van der Waals surface area contributed by atoms with Gasteiger partial charge in [0.25, 0.3) is 0 Å². The van der Waals surface area contributed by atoms with Gasteiger partial charge in [-0.05, 0) is 29.8 Å². The van der Waals surface area contributed by atoms with E-state index in [-0.39, 0.29) is 0 Å². The molecule has 0 radical (unpaired) electrons. The number of benzene rings is 1. The molecule has 2 aromatic heterocycles. The lowest BCUT2D eigenvalue weighted by molar-refractivity contribution is 0.0336. The maximum atomic E-state index is 5.42. The highest BCUT2D eigenvalue weighted by molar-refractivity contribution is 5.97. The SMILES string of the molecule is CN=C(NC)Nc1ccc(-c2ccc(CN3CCOCC3)nc2)cc1-c1ncccn1. The first-order valence-corrected chi connectivity index (χ1v) is 10.3. The minimum Gasteiger partial charge on any atom is -0.379 e. The van der Waals surface area contributed by atoms with Gasteiger partial charge in [0.15, 0.2) is 11.8 Å². The first-order chi connectivity index (χ1) is 15.3. The van der Waals surface area contributed by atoms with Crippen LogP contribution in [0.15, 0.2) is 60.0 Å². The molecule has 1 aliphatic heterocycles. The second-order valence-corrected chi connectivity index (χ2v) is 7.21. The molecule has 1 saturated heterocycles. The Labute approximate surface area is 182 Å². The summed E-state index contributed by atoms with van der Waals surface area (Å²) >= 11 is 0. The molecular weight excluding hydrogens is 390 g/mol. The molecule has 8 heteroatoms. The van der Waals surface area contributed by atoms with Crippen molar-refractivity contribution in [2.75, 3.05) is 45.7 Å². The van der Waals surface area contributed by atoms with E-state index in [9.17, 15) is 0 Å². The van der Waals surface area contributed by atoms with Crippen LogP contribution in [0.25, 0.3) is 22.5 Å². The predicted octanol–water partition coefficient (Wildman–Crippen LogP) is 2.65. The number of guanidine groups is 1. The predicted molar refractivity (Wildman–Crippen MR) is 123 cm³/mol. The fourth-order valence-corrected chi connectivity index (χ4v) is 3.49. The molecule has 3 heterocycles. The lowest BCUT2D eigenvalue weighted by Crippen LogP contribution is -2.35. The van der Waals surface area contributed by atoms with E-state index in [0.717, 1.165) is 60.9 Å². The molecule has 0 amide bonds. The lowest BCUT2D eigenvalue weighted by atomic mass is 10.0. The number of hydrogen-bond acceptors (Lipinski definition) is 6. The highest BCUT2D eigenvalue weighted by Gasteiger charge is 2.13. The fraction of sp³-hybridized carbons (Fsp3) is 0.304. The van der Waals surface area contributed by atoms with Gasteiger partial charge < -0.3 is 15.4 Å². The van der Waals surface area contributed by atoms with Gasteiger partial charge in [0.05, 0.1) is 24.6 Å². The summed E-state index contributed by atoms with van der Waals surface area (Å²) in [5, 5.41) is 6.35. The van der Waals surface area contributed by atoms with Crippen molar-refractivity contribution in [3.8, 4) is 22.5 Å². The second kappa shape index (κ2) is 10.1. The van der Waals surface area contributed by atoms with E-state index in [0.29, 0.717) is 11.8 Å². The first-order valence-electron chi connectivity index (χ1n) is 10.3. The standard InChI is InChI=1S/C23H27N7O/c1-24-23(25-2)29-21-7-5-17(14-20(21)22-26-8-3-9-27-22)18-4-6-19(28-15-18)16-30-10-12-31-13-11-30/h3-9,14-15H,10-13,16H2,1-2H3,(H2,24,25,29). The third-order valence-corrected chi connectivity index (χ3v) is 5.19. The number of hydrogen-bond donors (Lipinski definition) is 2. The first kappa shape index (κ1) is 20.9. The van der Waals surface area contributed by atoms with Gasteiger partial charge in [-0.3, -0.25) is 14.9 Å². The van der Waals surface area contributed by atoms with Crippen LogP contribution in [0.5, 0.6) is 0 Å². The number of aromatic nitrogens is 3. The van der Waals surface area contributed by atoms with Crippen molar-refractivity contribution < 1.29 is 4.74 Å². The number of aliphatic imine (C=N–C) groups is 1. The third kappa shape index (κ3) is 5.22. The average molecular weight is 418 g/mol. The average Bonchev–Trinajstić information content (AvgIpc) is 2.84. The Kier molecular flexibility index (Phi) is 6.81. The zero-order valence-corrected chi connectivity index (χ0v) is 17.9. The summed E-state index contributed by atoms with van der Waals surface area (Å²) < 4.78 is 5.42. The number of nitrogens with zero attached hydrogens (tertiary/aromatic N) is 5. The monoisotopic (exact) mass is 417 g/mol. The van der Waals surface area contributed by atoms with Crippen LogP contribution in [0.2, 0.25) is 0 Å². The van der Waals surface area contributed by atoms with Gasteiger partial charge >= 0.3 is 0 Å². The van der Waals surface area contributed by atoms with Gasteiger partial charge in [-0.2, -0.15) is 0 Å². The van der Waals surface area contributed by atoms with E-state index in [4.69, 9.17) is 9.72 Å². The highest BCUT2D eigenvalue weighted by Crippen LogP contribution is 2.31. The maximum absolute atomic E-state index is 5.42. The number of ether oxygens (including phenoxy) is 1. The van der Waals surface area contributed by atoms with Crippen LogP contribution >= 0.6 is 0 Å². The van der Waals surface area contributed by atoms with Gasteiger partial charge in [-0.15, -0.1) is 0 Å². The van der Waals surface area contributed by atoms with Crippen LogP contribution in [-0.4, -0.2) is 66.2 Å². The van der Waals surface area contributed by atoms with Gasteiger partial charge in [0, 0.05) is 63.4 Å². The third-order valence-electron chi connectivity index (χ3n) is 5.19. The molecule has 1 fully saturated rings. The topological polar surface area (TPSA) is 87.6 Å². The summed E-state index contributed by atoms with van der Waals surface area (Å²) in [6.07, 6.45) is 5.42. The van der Waals surface area contributed by atoms with Crippen molar-refractivity contribution in [3.05, 3.63) is 60.7 Å². The number of rotatable bonds is 5. The van der Waals surface area contributed by atoms with Crippen molar-refractivity contribution in [2.45, 2.75) is 6.54 Å². The molecular formula is C23H27N7O. The quantitative estimate of drug-likeness (QED) is 0.487. The van der Waals surface area contributed by atoms with E-state index in [1.54, 1.807) is 19.4 Å². The van der Waals surface area contributed by atoms with Crippen LogP contribution in [0.1, 0.15) is 5.69 Å². The fourth-order valence-electron chi connectivity index (χ4n) is 3.49. The highest BCUT2D eigenvalue weighted by atomic mass is 16.5.